The molecule has 2 N–H and O–H groups in total. The van der Waals surface area contributed by atoms with Crippen molar-refractivity contribution in [1.29, 1.82) is 0 Å². The molecule has 0 aliphatic heterocycles. The van der Waals surface area contributed by atoms with Crippen molar-refractivity contribution in [2.45, 2.75) is 16.5 Å². The third-order valence-electron chi connectivity index (χ3n) is 2.83. The topological polar surface area (TPSA) is 51.8 Å². The summed E-state index contributed by atoms with van der Waals surface area (Å²) in [6, 6.07) is 14.7. The van der Waals surface area contributed by atoms with Gasteiger partial charge in [-0.05, 0) is 22.9 Å². The van der Waals surface area contributed by atoms with Gasteiger partial charge in [0, 0.05) is 11.4 Å². The highest BCUT2D eigenvalue weighted by Gasteiger charge is 2.01. The molecular formula is C15H13N3S. The van der Waals surface area contributed by atoms with E-state index in [9.17, 15) is 0 Å². The van der Waals surface area contributed by atoms with Crippen LogP contribution in [0.4, 0.5) is 0 Å². The SMILES string of the molecule is NCc1cnc(Sc2ccc3ccccc3c2)cn1. The summed E-state index contributed by atoms with van der Waals surface area (Å²) in [7, 11) is 0. The highest BCUT2D eigenvalue weighted by molar-refractivity contribution is 7.99. The molecule has 0 fully saturated rings. The van der Waals surface area contributed by atoms with Crippen molar-refractivity contribution in [3.8, 4) is 0 Å². The number of hydrogen-bond donors (Lipinski definition) is 1. The Hall–Kier alpha value is -1.91. The van der Waals surface area contributed by atoms with Gasteiger partial charge in [-0.1, -0.05) is 42.1 Å². The number of nitrogens with two attached hydrogens (primary N) is 1. The first-order chi connectivity index (χ1) is 9.35. The second kappa shape index (κ2) is 5.38. The lowest BCUT2D eigenvalue weighted by Crippen LogP contribution is -1.99. The molecule has 0 radical (unpaired) electrons. The smallest absolute Gasteiger partial charge is 0.119 e. The summed E-state index contributed by atoms with van der Waals surface area (Å²) in [5.74, 6) is 0. The molecule has 0 atom stereocenters. The average molecular weight is 267 g/mol. The van der Waals surface area contributed by atoms with Gasteiger partial charge in [0.1, 0.15) is 5.03 Å². The van der Waals surface area contributed by atoms with E-state index in [4.69, 9.17) is 5.73 Å². The first kappa shape index (κ1) is 12.1. The van der Waals surface area contributed by atoms with Crippen LogP contribution in [0.5, 0.6) is 0 Å². The zero-order valence-electron chi connectivity index (χ0n) is 10.3. The third kappa shape index (κ3) is 2.75. The Morgan fingerprint density at radius 3 is 2.53 bits per heavy atom. The van der Waals surface area contributed by atoms with Gasteiger partial charge in [0.2, 0.25) is 0 Å². The number of hydrogen-bond acceptors (Lipinski definition) is 4. The van der Waals surface area contributed by atoms with Crippen LogP contribution in [0.2, 0.25) is 0 Å². The molecule has 2 aromatic carbocycles. The maximum atomic E-state index is 5.51. The summed E-state index contributed by atoms with van der Waals surface area (Å²) >= 11 is 1.61. The van der Waals surface area contributed by atoms with Crippen LogP contribution in [0, 0.1) is 0 Å². The molecule has 0 aliphatic carbocycles. The van der Waals surface area contributed by atoms with Crippen LogP contribution in [0.15, 0.2) is 64.8 Å². The van der Waals surface area contributed by atoms with Gasteiger partial charge in [-0.2, -0.15) is 0 Å². The van der Waals surface area contributed by atoms with Crippen molar-refractivity contribution >= 4 is 22.5 Å². The zero-order chi connectivity index (χ0) is 13.1. The fraction of sp³-hybridized carbons (Fsp3) is 0.0667. The Bertz CT molecular complexity index is 695. The summed E-state index contributed by atoms with van der Waals surface area (Å²) in [4.78, 5) is 9.75. The van der Waals surface area contributed by atoms with Crippen LogP contribution in [-0.4, -0.2) is 9.97 Å². The fourth-order valence-corrected chi connectivity index (χ4v) is 2.63. The molecule has 0 spiro atoms. The van der Waals surface area contributed by atoms with Gasteiger partial charge in [0.25, 0.3) is 0 Å². The second-order valence-corrected chi connectivity index (χ2v) is 5.25. The van der Waals surface area contributed by atoms with Crippen molar-refractivity contribution in [1.82, 2.24) is 9.97 Å². The predicted octanol–water partition coefficient (Wildman–Crippen LogP) is 3.24. The van der Waals surface area contributed by atoms with Crippen LogP contribution in [0.25, 0.3) is 10.8 Å². The van der Waals surface area contributed by atoms with E-state index >= 15 is 0 Å². The highest BCUT2D eigenvalue weighted by atomic mass is 32.2. The van der Waals surface area contributed by atoms with E-state index in [0.717, 1.165) is 15.6 Å². The van der Waals surface area contributed by atoms with Crippen LogP contribution in [0.1, 0.15) is 5.69 Å². The van der Waals surface area contributed by atoms with Crippen molar-refractivity contribution in [2.75, 3.05) is 0 Å². The Morgan fingerprint density at radius 1 is 0.947 bits per heavy atom. The number of aromatic nitrogens is 2. The Labute approximate surface area is 115 Å². The summed E-state index contributed by atoms with van der Waals surface area (Å²) in [6.45, 7) is 0.425. The van der Waals surface area contributed by atoms with Crippen LogP contribution in [-0.2, 0) is 6.54 Å². The molecule has 0 saturated heterocycles. The summed E-state index contributed by atoms with van der Waals surface area (Å²) in [6.07, 6.45) is 3.49. The van der Waals surface area contributed by atoms with Gasteiger partial charge in [-0.3, -0.25) is 4.98 Å². The van der Waals surface area contributed by atoms with Crippen LogP contribution in [0.3, 0.4) is 0 Å². The van der Waals surface area contributed by atoms with E-state index < -0.39 is 0 Å². The van der Waals surface area contributed by atoms with E-state index in [1.807, 2.05) is 12.1 Å². The monoisotopic (exact) mass is 267 g/mol. The van der Waals surface area contributed by atoms with E-state index in [1.54, 1.807) is 24.2 Å². The largest absolute Gasteiger partial charge is 0.325 e. The van der Waals surface area contributed by atoms with Crippen molar-refractivity contribution in [3.05, 3.63) is 60.6 Å². The lowest BCUT2D eigenvalue weighted by molar-refractivity contribution is 0.923. The maximum absolute atomic E-state index is 5.51. The highest BCUT2D eigenvalue weighted by Crippen LogP contribution is 2.28. The molecule has 4 heteroatoms. The normalized spacial score (nSPS) is 10.8. The van der Waals surface area contributed by atoms with Gasteiger partial charge < -0.3 is 5.73 Å². The summed E-state index contributed by atoms with van der Waals surface area (Å²) in [5.41, 5.74) is 6.31. The molecule has 3 aromatic rings. The minimum atomic E-state index is 0.425. The summed E-state index contributed by atoms with van der Waals surface area (Å²) < 4.78 is 0. The zero-order valence-corrected chi connectivity index (χ0v) is 11.1. The molecule has 19 heavy (non-hydrogen) atoms. The fourth-order valence-electron chi connectivity index (χ4n) is 1.85. The predicted molar refractivity (Wildman–Crippen MR) is 78.0 cm³/mol. The summed E-state index contributed by atoms with van der Waals surface area (Å²) in [5, 5.41) is 3.36. The Balaban J connectivity index is 1.87. The van der Waals surface area contributed by atoms with Crippen LogP contribution < -0.4 is 5.73 Å². The molecule has 0 saturated carbocycles. The molecule has 1 aromatic heterocycles. The second-order valence-electron chi connectivity index (χ2n) is 4.16. The molecule has 3 rings (SSSR count). The average Bonchev–Trinajstić information content (AvgIpc) is 2.48. The van der Waals surface area contributed by atoms with Crippen molar-refractivity contribution in [2.24, 2.45) is 5.73 Å². The minimum absolute atomic E-state index is 0.425. The minimum Gasteiger partial charge on any atom is -0.325 e. The van der Waals surface area contributed by atoms with E-state index in [1.165, 1.54) is 10.8 Å². The molecule has 1 heterocycles. The van der Waals surface area contributed by atoms with Gasteiger partial charge in [-0.25, -0.2) is 4.98 Å². The number of nitrogens with zero attached hydrogens (tertiary/aromatic N) is 2. The van der Waals surface area contributed by atoms with Gasteiger partial charge >= 0.3 is 0 Å². The van der Waals surface area contributed by atoms with Crippen molar-refractivity contribution < 1.29 is 0 Å². The Kier molecular flexibility index (Phi) is 3.44. The van der Waals surface area contributed by atoms with E-state index in [2.05, 4.69) is 40.3 Å². The van der Waals surface area contributed by atoms with Crippen molar-refractivity contribution in [3.63, 3.8) is 0 Å². The standard InChI is InChI=1S/C15H13N3S/c16-8-13-9-18-15(10-17-13)19-14-6-5-11-3-1-2-4-12(11)7-14/h1-7,9-10H,8,16H2. The van der Waals surface area contributed by atoms with Gasteiger partial charge in [0.05, 0.1) is 18.1 Å². The first-order valence-corrected chi connectivity index (χ1v) is 6.84. The lowest BCUT2D eigenvalue weighted by Gasteiger charge is -2.03. The number of fused-ring (bicyclic) bond motifs is 1. The molecular weight excluding hydrogens is 254 g/mol. The number of benzene rings is 2. The molecule has 3 nitrogen and oxygen atoms in total. The Morgan fingerprint density at radius 2 is 1.79 bits per heavy atom. The molecule has 0 amide bonds. The first-order valence-electron chi connectivity index (χ1n) is 6.03. The van der Waals surface area contributed by atoms with E-state index in [0.29, 0.717) is 6.54 Å². The molecule has 0 unspecified atom stereocenters. The molecule has 0 bridgehead atoms. The lowest BCUT2D eigenvalue weighted by atomic mass is 10.1. The third-order valence-corrected chi connectivity index (χ3v) is 3.74. The molecule has 94 valence electrons. The number of rotatable bonds is 3. The molecule has 0 aliphatic rings. The quantitative estimate of drug-likeness (QED) is 0.791. The van der Waals surface area contributed by atoms with Crippen LogP contribution >= 0.6 is 11.8 Å². The van der Waals surface area contributed by atoms with Gasteiger partial charge in [0.15, 0.2) is 0 Å². The maximum Gasteiger partial charge on any atom is 0.119 e. The van der Waals surface area contributed by atoms with Gasteiger partial charge in [-0.15, -0.1) is 0 Å². The van der Waals surface area contributed by atoms with E-state index in [-0.39, 0.29) is 0 Å².